The number of methoxy groups -OCH3 is 2. The summed E-state index contributed by atoms with van der Waals surface area (Å²) >= 11 is 3.41. The second kappa shape index (κ2) is 6.88. The lowest BCUT2D eigenvalue weighted by atomic mass is 10.2. The Morgan fingerprint density at radius 1 is 1.12 bits per heavy atom. The van der Waals surface area contributed by atoms with Crippen LogP contribution in [0.3, 0.4) is 0 Å². The maximum absolute atomic E-state index is 12.1. The molecule has 0 atom stereocenters. The van der Waals surface area contributed by atoms with Crippen LogP contribution in [0.4, 0.5) is 0 Å². The van der Waals surface area contributed by atoms with Crippen LogP contribution in [-0.4, -0.2) is 26.1 Å². The lowest BCUT2D eigenvalue weighted by Crippen LogP contribution is -2.05. The summed E-state index contributed by atoms with van der Waals surface area (Å²) in [6.45, 7) is 0. The molecular formula is C18H14BrNO4. The summed E-state index contributed by atoms with van der Waals surface area (Å²) in [5, 5.41) is 0. The molecule has 0 saturated carbocycles. The lowest BCUT2D eigenvalue weighted by Gasteiger charge is -2.05. The first-order valence-electron chi connectivity index (χ1n) is 7.11. The minimum Gasteiger partial charge on any atom is -0.497 e. The minimum atomic E-state index is -0.486. The summed E-state index contributed by atoms with van der Waals surface area (Å²) in [4.78, 5) is 16.3. The largest absolute Gasteiger partial charge is 0.497 e. The maximum Gasteiger partial charge on any atom is 0.363 e. The predicted octanol–water partition coefficient (Wildman–Crippen LogP) is 3.81. The van der Waals surface area contributed by atoms with E-state index in [1.54, 1.807) is 38.5 Å². The van der Waals surface area contributed by atoms with Crippen LogP contribution in [0.2, 0.25) is 0 Å². The first-order chi connectivity index (χ1) is 11.6. The molecule has 1 heterocycles. The first-order valence-corrected chi connectivity index (χ1v) is 7.90. The predicted molar refractivity (Wildman–Crippen MR) is 94.3 cm³/mol. The van der Waals surface area contributed by atoms with Crippen LogP contribution >= 0.6 is 15.9 Å². The number of halogens is 1. The van der Waals surface area contributed by atoms with E-state index in [0.717, 1.165) is 10.0 Å². The van der Waals surface area contributed by atoms with Crippen LogP contribution in [0, 0.1) is 0 Å². The molecule has 0 bridgehead atoms. The topological polar surface area (TPSA) is 57.1 Å². The highest BCUT2D eigenvalue weighted by Crippen LogP contribution is 2.28. The van der Waals surface area contributed by atoms with Gasteiger partial charge in [0.25, 0.3) is 0 Å². The number of aliphatic imine (C=N–C) groups is 1. The number of rotatable bonds is 4. The van der Waals surface area contributed by atoms with Crippen molar-refractivity contribution in [3.05, 3.63) is 63.8 Å². The van der Waals surface area contributed by atoms with Crippen LogP contribution in [0.5, 0.6) is 11.5 Å². The fourth-order valence-electron chi connectivity index (χ4n) is 2.22. The molecule has 0 aliphatic carbocycles. The molecular weight excluding hydrogens is 374 g/mol. The number of ether oxygens (including phenoxy) is 3. The van der Waals surface area contributed by atoms with Crippen molar-refractivity contribution >= 4 is 33.9 Å². The quantitative estimate of drug-likeness (QED) is 0.591. The summed E-state index contributed by atoms with van der Waals surface area (Å²) in [5.41, 5.74) is 1.73. The molecule has 0 aromatic heterocycles. The highest BCUT2D eigenvalue weighted by Gasteiger charge is 2.24. The van der Waals surface area contributed by atoms with E-state index in [9.17, 15) is 4.79 Å². The molecule has 5 nitrogen and oxygen atoms in total. The minimum absolute atomic E-state index is 0.241. The Bertz CT molecular complexity index is 858. The molecule has 0 fully saturated rings. The van der Waals surface area contributed by atoms with Gasteiger partial charge in [-0.3, -0.25) is 0 Å². The second-order valence-corrected chi connectivity index (χ2v) is 5.82. The fraction of sp³-hybridized carbons (Fsp3) is 0.111. The SMILES string of the molecule is COc1cccc(/C=C2\N=C(c3ccc(OC)c(Br)c3)OC2=O)c1. The number of cyclic esters (lactones) is 1. The second-order valence-electron chi connectivity index (χ2n) is 4.96. The summed E-state index contributed by atoms with van der Waals surface area (Å²) < 4.78 is 16.4. The number of carbonyl (C=O) groups is 1. The molecule has 2 aromatic carbocycles. The lowest BCUT2D eigenvalue weighted by molar-refractivity contribution is -0.129. The van der Waals surface area contributed by atoms with Crippen molar-refractivity contribution < 1.29 is 19.0 Å². The average Bonchev–Trinajstić information content (AvgIpc) is 2.95. The van der Waals surface area contributed by atoms with Crippen LogP contribution in [0.15, 0.2) is 57.6 Å². The molecule has 1 aliphatic heterocycles. The number of esters is 1. The van der Waals surface area contributed by atoms with Gasteiger partial charge in [-0.05, 0) is 57.9 Å². The Balaban J connectivity index is 1.92. The van der Waals surface area contributed by atoms with Gasteiger partial charge in [0.15, 0.2) is 5.70 Å². The monoisotopic (exact) mass is 387 g/mol. The smallest absolute Gasteiger partial charge is 0.363 e. The molecule has 3 rings (SSSR count). The summed E-state index contributed by atoms with van der Waals surface area (Å²) in [6, 6.07) is 12.7. The maximum atomic E-state index is 12.1. The van der Waals surface area contributed by atoms with Gasteiger partial charge in [-0.25, -0.2) is 9.79 Å². The third-order valence-corrected chi connectivity index (χ3v) is 4.04. The van der Waals surface area contributed by atoms with E-state index in [4.69, 9.17) is 14.2 Å². The van der Waals surface area contributed by atoms with Gasteiger partial charge in [0.2, 0.25) is 5.90 Å². The Morgan fingerprint density at radius 2 is 1.96 bits per heavy atom. The molecule has 0 amide bonds. The van der Waals surface area contributed by atoms with Gasteiger partial charge in [0.05, 0.1) is 18.7 Å². The van der Waals surface area contributed by atoms with E-state index in [0.29, 0.717) is 17.1 Å². The van der Waals surface area contributed by atoms with E-state index in [-0.39, 0.29) is 11.6 Å². The van der Waals surface area contributed by atoms with Gasteiger partial charge < -0.3 is 14.2 Å². The molecule has 0 saturated heterocycles. The van der Waals surface area contributed by atoms with Crippen molar-refractivity contribution in [2.24, 2.45) is 4.99 Å². The zero-order valence-corrected chi connectivity index (χ0v) is 14.7. The third-order valence-electron chi connectivity index (χ3n) is 3.42. The van der Waals surface area contributed by atoms with Crippen LogP contribution in [0.25, 0.3) is 6.08 Å². The number of benzene rings is 2. The normalized spacial score (nSPS) is 15.2. The molecule has 1 aliphatic rings. The molecule has 24 heavy (non-hydrogen) atoms. The van der Waals surface area contributed by atoms with Gasteiger partial charge in [0, 0.05) is 5.56 Å². The van der Waals surface area contributed by atoms with Crippen molar-refractivity contribution in [2.45, 2.75) is 0 Å². The van der Waals surface area contributed by atoms with Gasteiger partial charge in [0.1, 0.15) is 11.5 Å². The molecule has 0 spiro atoms. The summed E-state index contributed by atoms with van der Waals surface area (Å²) in [5.74, 6) is 1.17. The van der Waals surface area contributed by atoms with Crippen LogP contribution < -0.4 is 9.47 Å². The zero-order chi connectivity index (χ0) is 17.1. The van der Waals surface area contributed by atoms with Gasteiger partial charge in [-0.2, -0.15) is 0 Å². The van der Waals surface area contributed by atoms with Crippen LogP contribution in [-0.2, 0) is 9.53 Å². The van der Waals surface area contributed by atoms with E-state index >= 15 is 0 Å². The van der Waals surface area contributed by atoms with Crippen LogP contribution in [0.1, 0.15) is 11.1 Å². The highest BCUT2D eigenvalue weighted by molar-refractivity contribution is 9.10. The van der Waals surface area contributed by atoms with E-state index in [1.807, 2.05) is 24.3 Å². The molecule has 2 aromatic rings. The van der Waals surface area contributed by atoms with Crippen molar-refractivity contribution in [3.63, 3.8) is 0 Å². The fourth-order valence-corrected chi connectivity index (χ4v) is 2.76. The third kappa shape index (κ3) is 3.33. The van der Waals surface area contributed by atoms with Gasteiger partial charge in [-0.15, -0.1) is 0 Å². The molecule has 122 valence electrons. The molecule has 6 heteroatoms. The molecule has 0 radical (unpaired) electrons. The van der Waals surface area contributed by atoms with Gasteiger partial charge in [-0.1, -0.05) is 12.1 Å². The van der Waals surface area contributed by atoms with E-state index < -0.39 is 5.97 Å². The van der Waals surface area contributed by atoms with Crippen molar-refractivity contribution in [1.29, 1.82) is 0 Å². The standard InChI is InChI=1S/C18H14BrNO4/c1-22-13-5-3-4-11(8-13)9-15-18(21)24-17(20-15)12-6-7-16(23-2)14(19)10-12/h3-10H,1-2H3/b15-9-. The van der Waals surface area contributed by atoms with E-state index in [1.165, 1.54) is 0 Å². The van der Waals surface area contributed by atoms with Crippen molar-refractivity contribution in [2.75, 3.05) is 14.2 Å². The molecule has 0 unspecified atom stereocenters. The molecule has 0 N–H and O–H groups in total. The summed E-state index contributed by atoms with van der Waals surface area (Å²) in [6.07, 6.45) is 1.66. The Kier molecular flexibility index (Phi) is 4.66. The average molecular weight is 388 g/mol. The van der Waals surface area contributed by atoms with E-state index in [2.05, 4.69) is 20.9 Å². The number of carbonyl (C=O) groups excluding carboxylic acids is 1. The number of nitrogens with zero attached hydrogens (tertiary/aromatic N) is 1. The van der Waals surface area contributed by atoms with Gasteiger partial charge >= 0.3 is 5.97 Å². The van der Waals surface area contributed by atoms with Crippen molar-refractivity contribution in [1.82, 2.24) is 0 Å². The highest BCUT2D eigenvalue weighted by atomic mass is 79.9. The Hall–Kier alpha value is -2.60. The summed E-state index contributed by atoms with van der Waals surface area (Å²) in [7, 11) is 3.18. The Morgan fingerprint density at radius 3 is 2.67 bits per heavy atom. The first kappa shape index (κ1) is 16.3. The number of hydrogen-bond donors (Lipinski definition) is 0. The Labute approximate surface area is 147 Å². The number of hydrogen-bond acceptors (Lipinski definition) is 5. The van der Waals surface area contributed by atoms with Crippen molar-refractivity contribution in [3.8, 4) is 11.5 Å². The zero-order valence-electron chi connectivity index (χ0n) is 13.1.